The van der Waals surface area contributed by atoms with Crippen molar-refractivity contribution in [1.82, 2.24) is 14.8 Å². The van der Waals surface area contributed by atoms with Crippen LogP contribution in [0, 0.1) is 0 Å². The topological polar surface area (TPSA) is 92.5 Å². The minimum atomic E-state index is -3.59. The predicted molar refractivity (Wildman–Crippen MR) is 109 cm³/mol. The van der Waals surface area contributed by atoms with Crippen LogP contribution in [0.3, 0.4) is 0 Å². The van der Waals surface area contributed by atoms with E-state index in [4.69, 9.17) is 4.52 Å². The molecule has 1 unspecified atom stereocenters. The van der Waals surface area contributed by atoms with Crippen molar-refractivity contribution in [3.05, 3.63) is 70.4 Å². The third kappa shape index (κ3) is 3.98. The molecule has 4 rings (SSSR count). The number of nitrogens with one attached hydrogen (secondary N) is 1. The van der Waals surface area contributed by atoms with Gasteiger partial charge in [0.2, 0.25) is 0 Å². The summed E-state index contributed by atoms with van der Waals surface area (Å²) >= 11 is 1.18. The average Bonchev–Trinajstić information content (AvgIpc) is 3.42. The molecule has 152 valence electrons. The SMILES string of the molecule is CC(CNC(=O)c1noc2c1CN(S(=O)(=O)c1cccs1)CC2)c1ccccc1. The van der Waals surface area contributed by atoms with E-state index in [0.29, 0.717) is 35.0 Å². The summed E-state index contributed by atoms with van der Waals surface area (Å²) in [5.74, 6) is 0.357. The monoisotopic (exact) mass is 431 g/mol. The second kappa shape index (κ2) is 8.10. The van der Waals surface area contributed by atoms with Crippen molar-refractivity contribution in [1.29, 1.82) is 0 Å². The summed E-state index contributed by atoms with van der Waals surface area (Å²) in [4.78, 5) is 12.7. The van der Waals surface area contributed by atoms with E-state index in [0.717, 1.165) is 5.56 Å². The van der Waals surface area contributed by atoms with Crippen LogP contribution in [0.5, 0.6) is 0 Å². The predicted octanol–water partition coefficient (Wildman–Crippen LogP) is 3.02. The number of amides is 1. The van der Waals surface area contributed by atoms with Gasteiger partial charge in [0.25, 0.3) is 15.9 Å². The Labute approximate surface area is 173 Å². The lowest BCUT2D eigenvalue weighted by atomic mass is 10.0. The van der Waals surface area contributed by atoms with E-state index in [1.165, 1.54) is 15.6 Å². The van der Waals surface area contributed by atoms with Gasteiger partial charge in [-0.3, -0.25) is 4.79 Å². The van der Waals surface area contributed by atoms with E-state index in [1.807, 2.05) is 37.3 Å². The van der Waals surface area contributed by atoms with Crippen molar-refractivity contribution in [3.8, 4) is 0 Å². The molecule has 0 fully saturated rings. The van der Waals surface area contributed by atoms with Gasteiger partial charge in [-0.1, -0.05) is 48.5 Å². The number of thiophene rings is 1. The number of rotatable bonds is 6. The number of fused-ring (bicyclic) bond motifs is 1. The minimum Gasteiger partial charge on any atom is -0.360 e. The molecule has 1 atom stereocenters. The lowest BCUT2D eigenvalue weighted by Gasteiger charge is -2.24. The number of benzene rings is 1. The normalized spacial score (nSPS) is 15.6. The summed E-state index contributed by atoms with van der Waals surface area (Å²) in [6.45, 7) is 2.86. The summed E-state index contributed by atoms with van der Waals surface area (Å²) < 4.78 is 32.6. The molecule has 9 heteroatoms. The standard InChI is InChI=1S/C20H21N3O4S2/c1-14(15-6-3-2-4-7-15)12-21-20(24)19-16-13-23(10-9-17(16)27-22-19)29(25,26)18-8-5-11-28-18/h2-8,11,14H,9-10,12-13H2,1H3,(H,21,24). The molecule has 7 nitrogen and oxygen atoms in total. The molecule has 3 heterocycles. The number of sulfonamides is 1. The van der Waals surface area contributed by atoms with Gasteiger partial charge >= 0.3 is 0 Å². The number of aromatic nitrogens is 1. The Bertz CT molecular complexity index is 1090. The van der Waals surface area contributed by atoms with Gasteiger partial charge in [0.1, 0.15) is 9.97 Å². The molecule has 1 N–H and O–H groups in total. The lowest BCUT2D eigenvalue weighted by Crippen LogP contribution is -2.36. The molecule has 1 aliphatic rings. The first-order valence-electron chi connectivity index (χ1n) is 9.31. The maximum absolute atomic E-state index is 12.8. The highest BCUT2D eigenvalue weighted by Gasteiger charge is 2.34. The van der Waals surface area contributed by atoms with Gasteiger partial charge in [-0.25, -0.2) is 8.42 Å². The highest BCUT2D eigenvalue weighted by molar-refractivity contribution is 7.91. The second-order valence-electron chi connectivity index (χ2n) is 6.98. The molecule has 2 aromatic heterocycles. The smallest absolute Gasteiger partial charge is 0.273 e. The number of hydrogen-bond donors (Lipinski definition) is 1. The Hall–Kier alpha value is -2.49. The van der Waals surface area contributed by atoms with Crippen LogP contribution in [-0.2, 0) is 23.0 Å². The molecule has 0 spiro atoms. The van der Waals surface area contributed by atoms with Crippen LogP contribution in [0.2, 0.25) is 0 Å². The molecule has 1 aromatic carbocycles. The minimum absolute atomic E-state index is 0.0794. The fourth-order valence-electron chi connectivity index (χ4n) is 3.33. The Morgan fingerprint density at radius 2 is 2.07 bits per heavy atom. The lowest BCUT2D eigenvalue weighted by molar-refractivity contribution is 0.0941. The van der Waals surface area contributed by atoms with Crippen molar-refractivity contribution in [2.75, 3.05) is 13.1 Å². The van der Waals surface area contributed by atoms with Gasteiger partial charge in [-0.15, -0.1) is 11.3 Å². The van der Waals surface area contributed by atoms with Gasteiger partial charge in [0.05, 0.1) is 0 Å². The highest BCUT2D eigenvalue weighted by Crippen LogP contribution is 2.29. The maximum Gasteiger partial charge on any atom is 0.273 e. The maximum atomic E-state index is 12.8. The van der Waals surface area contributed by atoms with Crippen LogP contribution in [0.15, 0.2) is 56.6 Å². The van der Waals surface area contributed by atoms with Crippen LogP contribution >= 0.6 is 11.3 Å². The summed E-state index contributed by atoms with van der Waals surface area (Å²) in [5.41, 5.74) is 1.83. The van der Waals surface area contributed by atoms with Crippen molar-refractivity contribution in [3.63, 3.8) is 0 Å². The third-order valence-electron chi connectivity index (χ3n) is 5.03. The fraction of sp³-hybridized carbons (Fsp3) is 0.300. The first-order valence-corrected chi connectivity index (χ1v) is 11.6. The van der Waals surface area contributed by atoms with Gasteiger partial charge < -0.3 is 9.84 Å². The van der Waals surface area contributed by atoms with E-state index < -0.39 is 10.0 Å². The Balaban J connectivity index is 1.47. The number of hydrogen-bond acceptors (Lipinski definition) is 6. The first kappa shape index (κ1) is 19.8. The van der Waals surface area contributed by atoms with Crippen LogP contribution in [0.4, 0.5) is 0 Å². The van der Waals surface area contributed by atoms with Crippen LogP contribution in [-0.4, -0.2) is 36.9 Å². The summed E-state index contributed by atoms with van der Waals surface area (Å²) in [6.07, 6.45) is 0.390. The third-order valence-corrected chi connectivity index (χ3v) is 8.25. The molecule has 0 radical (unpaired) electrons. The van der Waals surface area contributed by atoms with Crippen molar-refractivity contribution in [2.45, 2.75) is 30.0 Å². The van der Waals surface area contributed by atoms with Gasteiger partial charge in [-0.2, -0.15) is 4.31 Å². The Kier molecular flexibility index (Phi) is 5.53. The van der Waals surface area contributed by atoms with Crippen molar-refractivity contribution >= 4 is 27.3 Å². The highest BCUT2D eigenvalue weighted by atomic mass is 32.2. The first-order chi connectivity index (χ1) is 14.0. The van der Waals surface area contributed by atoms with Gasteiger partial charge in [0, 0.05) is 31.6 Å². The summed E-state index contributed by atoms with van der Waals surface area (Å²) in [6, 6.07) is 13.2. The molecular weight excluding hydrogens is 410 g/mol. The average molecular weight is 432 g/mol. The van der Waals surface area contributed by atoms with E-state index in [2.05, 4.69) is 10.5 Å². The molecule has 0 aliphatic carbocycles. The molecule has 1 aliphatic heterocycles. The van der Waals surface area contributed by atoms with Crippen LogP contribution in [0.1, 0.15) is 40.2 Å². The molecule has 29 heavy (non-hydrogen) atoms. The Morgan fingerprint density at radius 1 is 1.28 bits per heavy atom. The van der Waals surface area contributed by atoms with Crippen molar-refractivity contribution < 1.29 is 17.7 Å². The number of carbonyl (C=O) groups excluding carboxylic acids is 1. The second-order valence-corrected chi connectivity index (χ2v) is 10.1. The number of nitrogens with zero attached hydrogens (tertiary/aromatic N) is 2. The molecule has 0 saturated carbocycles. The molecule has 3 aromatic rings. The molecule has 0 bridgehead atoms. The van der Waals surface area contributed by atoms with Gasteiger partial charge in [-0.05, 0) is 22.9 Å². The molecule has 1 amide bonds. The van der Waals surface area contributed by atoms with Gasteiger partial charge in [0.15, 0.2) is 5.69 Å². The van der Waals surface area contributed by atoms with Crippen molar-refractivity contribution in [2.24, 2.45) is 0 Å². The zero-order valence-corrected chi connectivity index (χ0v) is 17.5. The Morgan fingerprint density at radius 3 is 2.79 bits per heavy atom. The summed E-state index contributed by atoms with van der Waals surface area (Å²) in [5, 5.41) is 8.54. The summed E-state index contributed by atoms with van der Waals surface area (Å²) in [7, 11) is -3.59. The van der Waals surface area contributed by atoms with E-state index in [1.54, 1.807) is 17.5 Å². The molecule has 0 saturated heterocycles. The quantitative estimate of drug-likeness (QED) is 0.648. The molecular formula is C20H21N3O4S2. The van der Waals surface area contributed by atoms with Crippen LogP contribution < -0.4 is 5.32 Å². The van der Waals surface area contributed by atoms with E-state index in [9.17, 15) is 13.2 Å². The zero-order chi connectivity index (χ0) is 20.4. The zero-order valence-electron chi connectivity index (χ0n) is 15.9. The largest absolute Gasteiger partial charge is 0.360 e. The number of carbonyl (C=O) groups is 1. The van der Waals surface area contributed by atoms with E-state index in [-0.39, 0.29) is 24.1 Å². The van der Waals surface area contributed by atoms with E-state index >= 15 is 0 Å². The fourth-order valence-corrected chi connectivity index (χ4v) is 5.89. The van der Waals surface area contributed by atoms with Crippen LogP contribution in [0.25, 0.3) is 0 Å².